The van der Waals surface area contributed by atoms with Crippen LogP contribution in [0.5, 0.6) is 5.75 Å². The van der Waals surface area contributed by atoms with E-state index >= 15 is 0 Å². The zero-order valence-electron chi connectivity index (χ0n) is 12.4. The Balaban J connectivity index is 1.62. The molecule has 1 N–H and O–H groups in total. The minimum atomic E-state index is 0.707. The molecule has 0 heterocycles. The number of nitrogens with one attached hydrogen (secondary N) is 1. The van der Waals surface area contributed by atoms with Crippen molar-refractivity contribution in [2.45, 2.75) is 20.3 Å². The largest absolute Gasteiger partial charge is 0.492 e. The Bertz CT molecular complexity index is 522. The van der Waals surface area contributed by atoms with Gasteiger partial charge in [-0.25, -0.2) is 0 Å². The van der Waals surface area contributed by atoms with Crippen LogP contribution in [0.15, 0.2) is 48.5 Å². The summed E-state index contributed by atoms with van der Waals surface area (Å²) in [4.78, 5) is 0. The maximum Gasteiger partial charge on any atom is 0.122 e. The molecule has 0 aliphatic heterocycles. The van der Waals surface area contributed by atoms with Crippen molar-refractivity contribution < 1.29 is 4.74 Å². The van der Waals surface area contributed by atoms with Crippen molar-refractivity contribution in [3.8, 4) is 5.75 Å². The molecule has 0 spiro atoms. The maximum absolute atomic E-state index is 5.78. The highest BCUT2D eigenvalue weighted by Crippen LogP contribution is 2.18. The Morgan fingerprint density at radius 1 is 0.950 bits per heavy atom. The van der Waals surface area contributed by atoms with E-state index in [1.54, 1.807) is 0 Å². The van der Waals surface area contributed by atoms with Gasteiger partial charge in [0.05, 0.1) is 0 Å². The summed E-state index contributed by atoms with van der Waals surface area (Å²) in [5.41, 5.74) is 3.85. The van der Waals surface area contributed by atoms with Crippen LogP contribution < -0.4 is 10.1 Å². The lowest BCUT2D eigenvalue weighted by molar-refractivity contribution is 0.312. The third-order valence-electron chi connectivity index (χ3n) is 3.30. The molecule has 2 heteroatoms. The fourth-order valence-corrected chi connectivity index (χ4v) is 2.20. The molecule has 2 nitrogen and oxygen atoms in total. The van der Waals surface area contributed by atoms with Crippen LogP contribution in [0.2, 0.25) is 0 Å². The van der Waals surface area contributed by atoms with Crippen molar-refractivity contribution in [1.29, 1.82) is 0 Å². The van der Waals surface area contributed by atoms with Gasteiger partial charge in [0.25, 0.3) is 0 Å². The predicted octanol–water partition coefficient (Wildman–Crippen LogP) is 3.51. The third kappa shape index (κ3) is 4.71. The van der Waals surface area contributed by atoms with Crippen LogP contribution in [-0.2, 0) is 6.42 Å². The van der Waals surface area contributed by atoms with E-state index in [9.17, 15) is 0 Å². The van der Waals surface area contributed by atoms with Gasteiger partial charge in [-0.05, 0) is 44.0 Å². The van der Waals surface area contributed by atoms with E-state index in [-0.39, 0.29) is 0 Å². The second-order valence-corrected chi connectivity index (χ2v) is 5.10. The summed E-state index contributed by atoms with van der Waals surface area (Å²) >= 11 is 0. The summed E-state index contributed by atoms with van der Waals surface area (Å²) in [6, 6.07) is 16.8. The number of aryl methyl sites for hydroxylation is 2. The van der Waals surface area contributed by atoms with Crippen LogP contribution >= 0.6 is 0 Å². The van der Waals surface area contributed by atoms with E-state index in [1.807, 2.05) is 0 Å². The quantitative estimate of drug-likeness (QED) is 0.777. The van der Waals surface area contributed by atoms with E-state index in [0.29, 0.717) is 6.61 Å². The van der Waals surface area contributed by atoms with Crippen LogP contribution in [-0.4, -0.2) is 19.7 Å². The number of hydrogen-bond donors (Lipinski definition) is 1. The molecule has 0 aliphatic carbocycles. The number of ether oxygens (including phenoxy) is 1. The predicted molar refractivity (Wildman–Crippen MR) is 84.4 cm³/mol. The summed E-state index contributed by atoms with van der Waals surface area (Å²) in [6.45, 7) is 6.76. The average Bonchev–Trinajstić information content (AvgIpc) is 2.46. The van der Waals surface area contributed by atoms with Crippen LogP contribution in [0.4, 0.5) is 0 Å². The molecule has 0 radical (unpaired) electrons. The fraction of sp³-hybridized carbons (Fsp3) is 0.333. The van der Waals surface area contributed by atoms with Crippen molar-refractivity contribution in [3.63, 3.8) is 0 Å². The molecule has 0 aromatic heterocycles. The Morgan fingerprint density at radius 3 is 2.50 bits per heavy atom. The third-order valence-corrected chi connectivity index (χ3v) is 3.30. The van der Waals surface area contributed by atoms with Crippen LogP contribution in [0.3, 0.4) is 0 Å². The second kappa shape index (κ2) is 7.71. The molecule has 106 valence electrons. The SMILES string of the molecule is Cc1ccc(OCCNCCc2ccccc2)c(C)c1. The fourth-order valence-electron chi connectivity index (χ4n) is 2.20. The van der Waals surface area contributed by atoms with Gasteiger partial charge in [-0.1, -0.05) is 48.0 Å². The molecule has 2 rings (SSSR count). The molecule has 0 atom stereocenters. The molecule has 0 saturated carbocycles. The maximum atomic E-state index is 5.78. The molecule has 2 aromatic carbocycles. The van der Waals surface area contributed by atoms with Gasteiger partial charge in [-0.15, -0.1) is 0 Å². The second-order valence-electron chi connectivity index (χ2n) is 5.10. The first-order chi connectivity index (χ1) is 9.75. The highest BCUT2D eigenvalue weighted by molar-refractivity contribution is 5.35. The normalized spacial score (nSPS) is 10.5. The monoisotopic (exact) mass is 269 g/mol. The van der Waals surface area contributed by atoms with Gasteiger partial charge in [0.15, 0.2) is 0 Å². The van der Waals surface area contributed by atoms with Gasteiger partial charge >= 0.3 is 0 Å². The molecular formula is C18H23NO. The first kappa shape index (κ1) is 14.6. The van der Waals surface area contributed by atoms with Crippen LogP contribution in [0.25, 0.3) is 0 Å². The summed E-state index contributed by atoms with van der Waals surface area (Å²) in [5.74, 6) is 0.987. The highest BCUT2D eigenvalue weighted by Gasteiger charge is 1.99. The van der Waals surface area contributed by atoms with Gasteiger partial charge in [0.1, 0.15) is 12.4 Å². The lowest BCUT2D eigenvalue weighted by Gasteiger charge is -2.10. The van der Waals surface area contributed by atoms with Gasteiger partial charge in [-0.2, -0.15) is 0 Å². The zero-order chi connectivity index (χ0) is 14.2. The average molecular weight is 269 g/mol. The number of benzene rings is 2. The summed E-state index contributed by atoms with van der Waals surface area (Å²) in [7, 11) is 0. The van der Waals surface area contributed by atoms with Crippen LogP contribution in [0, 0.1) is 13.8 Å². The summed E-state index contributed by atoms with van der Waals surface area (Å²) in [6.07, 6.45) is 1.06. The Labute approximate surface area is 121 Å². The topological polar surface area (TPSA) is 21.3 Å². The molecule has 0 amide bonds. The summed E-state index contributed by atoms with van der Waals surface area (Å²) < 4.78 is 5.78. The van der Waals surface area contributed by atoms with Crippen molar-refractivity contribution in [1.82, 2.24) is 5.32 Å². The first-order valence-corrected chi connectivity index (χ1v) is 7.20. The smallest absolute Gasteiger partial charge is 0.122 e. The zero-order valence-corrected chi connectivity index (χ0v) is 12.4. The van der Waals surface area contributed by atoms with Crippen molar-refractivity contribution in [2.24, 2.45) is 0 Å². The van der Waals surface area contributed by atoms with Gasteiger partial charge in [0, 0.05) is 6.54 Å². The van der Waals surface area contributed by atoms with E-state index in [4.69, 9.17) is 4.74 Å². The molecule has 0 bridgehead atoms. The van der Waals surface area contributed by atoms with E-state index in [0.717, 1.165) is 25.3 Å². The minimum Gasteiger partial charge on any atom is -0.492 e. The lowest BCUT2D eigenvalue weighted by atomic mass is 10.1. The standard InChI is InChI=1S/C18H23NO/c1-15-8-9-18(16(2)14-15)20-13-12-19-11-10-17-6-4-3-5-7-17/h3-9,14,19H,10-13H2,1-2H3. The molecule has 0 fully saturated rings. The Hall–Kier alpha value is -1.80. The van der Waals surface area contributed by atoms with Gasteiger partial charge < -0.3 is 10.1 Å². The number of rotatable bonds is 7. The Kier molecular flexibility index (Phi) is 5.63. The van der Waals surface area contributed by atoms with Gasteiger partial charge in [-0.3, -0.25) is 0 Å². The minimum absolute atomic E-state index is 0.707. The molecule has 20 heavy (non-hydrogen) atoms. The van der Waals surface area contributed by atoms with Crippen molar-refractivity contribution >= 4 is 0 Å². The molecule has 0 saturated heterocycles. The van der Waals surface area contributed by atoms with E-state index in [2.05, 4.69) is 67.7 Å². The first-order valence-electron chi connectivity index (χ1n) is 7.20. The molecule has 2 aromatic rings. The Morgan fingerprint density at radius 2 is 1.75 bits per heavy atom. The lowest BCUT2D eigenvalue weighted by Crippen LogP contribution is -2.23. The van der Waals surface area contributed by atoms with Crippen molar-refractivity contribution in [2.75, 3.05) is 19.7 Å². The van der Waals surface area contributed by atoms with E-state index in [1.165, 1.54) is 16.7 Å². The summed E-state index contributed by atoms with van der Waals surface area (Å²) in [5, 5.41) is 3.41. The van der Waals surface area contributed by atoms with E-state index < -0.39 is 0 Å². The highest BCUT2D eigenvalue weighted by atomic mass is 16.5. The molecular weight excluding hydrogens is 246 g/mol. The molecule has 0 aliphatic rings. The number of hydrogen-bond acceptors (Lipinski definition) is 2. The van der Waals surface area contributed by atoms with Gasteiger partial charge in [0.2, 0.25) is 0 Å². The van der Waals surface area contributed by atoms with Crippen LogP contribution in [0.1, 0.15) is 16.7 Å². The van der Waals surface area contributed by atoms with Crippen molar-refractivity contribution in [3.05, 3.63) is 65.2 Å². The molecule has 0 unspecified atom stereocenters.